The first kappa shape index (κ1) is 20.5. The first-order chi connectivity index (χ1) is 14.8. The topological polar surface area (TPSA) is 119 Å². The third-order valence-corrected chi connectivity index (χ3v) is 5.23. The highest BCUT2D eigenvalue weighted by Gasteiger charge is 2.33. The molecule has 0 radical (unpaired) electrons. The highest BCUT2D eigenvalue weighted by molar-refractivity contribution is 6.31. The Morgan fingerprint density at radius 3 is 2.16 bits per heavy atom. The summed E-state index contributed by atoms with van der Waals surface area (Å²) in [4.78, 5) is 34.6. The molecular weight excluding hydrogens is 424 g/mol. The highest BCUT2D eigenvalue weighted by Crippen LogP contribution is 2.41. The van der Waals surface area contributed by atoms with Crippen LogP contribution in [0.15, 0.2) is 42.2 Å². The van der Waals surface area contributed by atoms with Crippen molar-refractivity contribution >= 4 is 51.7 Å². The molecule has 4 rings (SSSR count). The lowest BCUT2D eigenvalue weighted by atomic mass is 10.1. The maximum atomic E-state index is 11.6. The number of nitro groups is 2. The monoisotopic (exact) mass is 440 g/mol. The van der Waals surface area contributed by atoms with Crippen molar-refractivity contribution in [3.8, 4) is 0 Å². The molecule has 10 nitrogen and oxygen atoms in total. The van der Waals surface area contributed by atoms with Gasteiger partial charge in [0.05, 0.1) is 32.5 Å². The highest BCUT2D eigenvalue weighted by atomic mass is 35.5. The molecule has 2 aromatic carbocycles. The summed E-state index contributed by atoms with van der Waals surface area (Å²) < 4.78 is 0. The number of nitro benzene ring substituents is 2. The molecule has 0 fully saturated rings. The Kier molecular flexibility index (Phi) is 5.15. The van der Waals surface area contributed by atoms with Gasteiger partial charge < -0.3 is 9.80 Å². The van der Waals surface area contributed by atoms with Crippen molar-refractivity contribution in [1.82, 2.24) is 9.97 Å². The zero-order valence-electron chi connectivity index (χ0n) is 16.6. The van der Waals surface area contributed by atoms with Crippen molar-refractivity contribution in [2.45, 2.75) is 13.8 Å². The molecule has 1 aromatic heterocycles. The van der Waals surface area contributed by atoms with Crippen LogP contribution in [-0.2, 0) is 0 Å². The average Bonchev–Trinajstić information content (AvgIpc) is 3.02. The van der Waals surface area contributed by atoms with Gasteiger partial charge in [-0.25, -0.2) is 9.97 Å². The molecule has 0 atom stereocenters. The number of aromatic nitrogens is 2. The fourth-order valence-electron chi connectivity index (χ4n) is 3.58. The minimum absolute atomic E-state index is 0.253. The largest absolute Gasteiger partial charge is 0.310 e. The van der Waals surface area contributed by atoms with E-state index in [-0.39, 0.29) is 16.9 Å². The molecule has 0 spiro atoms. The van der Waals surface area contributed by atoms with Gasteiger partial charge in [0.2, 0.25) is 0 Å². The van der Waals surface area contributed by atoms with E-state index in [0.717, 1.165) is 6.07 Å². The summed E-state index contributed by atoms with van der Waals surface area (Å²) in [7, 11) is 0. The summed E-state index contributed by atoms with van der Waals surface area (Å²) in [5, 5.41) is 23.2. The second kappa shape index (κ2) is 7.80. The third kappa shape index (κ3) is 3.50. The Labute approximate surface area is 181 Å². The number of fused-ring (bicyclic) bond motifs is 2. The van der Waals surface area contributed by atoms with Gasteiger partial charge in [0, 0.05) is 24.2 Å². The Bertz CT molecular complexity index is 1260. The molecule has 1 aliphatic heterocycles. The van der Waals surface area contributed by atoms with E-state index in [1.165, 1.54) is 12.1 Å². The van der Waals surface area contributed by atoms with E-state index in [2.05, 4.69) is 0 Å². The van der Waals surface area contributed by atoms with Crippen LogP contribution in [0.4, 0.5) is 23.0 Å². The molecule has 31 heavy (non-hydrogen) atoms. The molecule has 0 amide bonds. The van der Waals surface area contributed by atoms with Crippen LogP contribution in [0.25, 0.3) is 17.1 Å². The van der Waals surface area contributed by atoms with Crippen molar-refractivity contribution in [3.63, 3.8) is 0 Å². The summed E-state index contributed by atoms with van der Waals surface area (Å²) in [6.07, 6.45) is 1.63. The Morgan fingerprint density at radius 2 is 1.58 bits per heavy atom. The number of halogens is 1. The minimum atomic E-state index is -0.656. The van der Waals surface area contributed by atoms with E-state index < -0.39 is 9.85 Å². The molecule has 0 unspecified atom stereocenters. The van der Waals surface area contributed by atoms with Crippen molar-refractivity contribution in [3.05, 3.63) is 73.0 Å². The first-order valence-electron chi connectivity index (χ1n) is 9.51. The predicted molar refractivity (Wildman–Crippen MR) is 118 cm³/mol. The van der Waals surface area contributed by atoms with E-state index in [9.17, 15) is 20.2 Å². The fraction of sp³-hybridized carbons (Fsp3) is 0.200. The zero-order chi connectivity index (χ0) is 22.3. The van der Waals surface area contributed by atoms with E-state index in [4.69, 9.17) is 21.6 Å². The number of hydrogen-bond donors (Lipinski definition) is 0. The number of rotatable bonds is 5. The summed E-state index contributed by atoms with van der Waals surface area (Å²) in [5.41, 5.74) is 0.892. The maximum absolute atomic E-state index is 11.6. The van der Waals surface area contributed by atoms with Crippen LogP contribution >= 0.6 is 11.6 Å². The SMILES string of the molecule is CCN1C(=Cc2ccc([N+](=O)[O-])cc2[N+](=O)[O-])N(CC)c2nc3cc(Cl)ccc3nc21. The van der Waals surface area contributed by atoms with Crippen molar-refractivity contribution in [1.29, 1.82) is 0 Å². The number of hydrogen-bond acceptors (Lipinski definition) is 8. The summed E-state index contributed by atoms with van der Waals surface area (Å²) in [6.45, 7) is 4.96. The maximum Gasteiger partial charge on any atom is 0.283 e. The molecular formula is C20H17ClN6O4. The minimum Gasteiger partial charge on any atom is -0.310 e. The molecule has 0 N–H and O–H groups in total. The molecule has 0 saturated carbocycles. The molecule has 2 heterocycles. The first-order valence-corrected chi connectivity index (χ1v) is 9.88. The predicted octanol–water partition coefficient (Wildman–Crippen LogP) is 4.76. The van der Waals surface area contributed by atoms with Gasteiger partial charge in [-0.1, -0.05) is 11.6 Å². The van der Waals surface area contributed by atoms with Crippen molar-refractivity contribution in [2.75, 3.05) is 22.9 Å². The molecule has 1 aliphatic rings. The van der Waals surface area contributed by atoms with E-state index in [1.54, 1.807) is 24.3 Å². The molecule has 0 saturated heterocycles. The number of benzene rings is 2. The van der Waals surface area contributed by atoms with Gasteiger partial charge in [0.1, 0.15) is 5.82 Å². The van der Waals surface area contributed by atoms with Gasteiger partial charge >= 0.3 is 0 Å². The van der Waals surface area contributed by atoms with Crippen LogP contribution in [0.5, 0.6) is 0 Å². The smallest absolute Gasteiger partial charge is 0.283 e. The number of nitrogens with zero attached hydrogens (tertiary/aromatic N) is 6. The Hall–Kier alpha value is -3.79. The van der Waals surface area contributed by atoms with Gasteiger partial charge in [-0.15, -0.1) is 0 Å². The van der Waals surface area contributed by atoms with Gasteiger partial charge in [-0.05, 0) is 44.2 Å². The van der Waals surface area contributed by atoms with Crippen LogP contribution in [0.1, 0.15) is 19.4 Å². The lowest BCUT2D eigenvalue weighted by Crippen LogP contribution is -2.28. The quantitative estimate of drug-likeness (QED) is 0.411. The summed E-state index contributed by atoms with van der Waals surface area (Å²) in [6, 6.07) is 8.86. The molecule has 0 aliphatic carbocycles. The zero-order valence-corrected chi connectivity index (χ0v) is 17.4. The van der Waals surface area contributed by atoms with E-state index in [1.807, 2.05) is 23.6 Å². The van der Waals surface area contributed by atoms with Gasteiger partial charge in [-0.2, -0.15) is 0 Å². The lowest BCUT2D eigenvalue weighted by molar-refractivity contribution is -0.394. The van der Waals surface area contributed by atoms with E-state index in [0.29, 0.717) is 46.6 Å². The number of anilines is 2. The van der Waals surface area contributed by atoms with Crippen LogP contribution in [0, 0.1) is 20.2 Å². The van der Waals surface area contributed by atoms with Crippen LogP contribution in [0.3, 0.4) is 0 Å². The van der Waals surface area contributed by atoms with Crippen molar-refractivity contribution in [2.24, 2.45) is 0 Å². The van der Waals surface area contributed by atoms with Gasteiger partial charge in [0.15, 0.2) is 11.6 Å². The Morgan fingerprint density at radius 1 is 0.935 bits per heavy atom. The normalized spacial score (nSPS) is 14.4. The fourth-order valence-corrected chi connectivity index (χ4v) is 3.74. The lowest BCUT2D eigenvalue weighted by Gasteiger charge is -2.22. The van der Waals surface area contributed by atoms with Crippen molar-refractivity contribution < 1.29 is 9.85 Å². The summed E-state index contributed by atoms with van der Waals surface area (Å²) in [5.74, 6) is 1.91. The third-order valence-electron chi connectivity index (χ3n) is 4.99. The van der Waals surface area contributed by atoms with Crippen LogP contribution in [0.2, 0.25) is 5.02 Å². The second-order valence-corrected chi connectivity index (χ2v) is 7.19. The van der Waals surface area contributed by atoms with Gasteiger partial charge in [-0.3, -0.25) is 20.2 Å². The summed E-state index contributed by atoms with van der Waals surface area (Å²) >= 11 is 6.10. The molecule has 0 bridgehead atoms. The molecule has 11 heteroatoms. The molecule has 3 aromatic rings. The molecule has 158 valence electrons. The average molecular weight is 441 g/mol. The standard InChI is InChI=1S/C20H17ClN6O4/c1-3-24-18(9-12-5-7-14(26(28)29)11-17(12)27(30)31)25(4-2)20-19(24)22-15-8-6-13(21)10-16(15)23-20/h5-11H,3-4H2,1-2H3. The Balaban J connectivity index is 1.89. The second-order valence-electron chi connectivity index (χ2n) is 6.75. The van der Waals surface area contributed by atoms with E-state index >= 15 is 0 Å². The van der Waals surface area contributed by atoms with Crippen LogP contribution in [-0.4, -0.2) is 32.9 Å². The van der Waals surface area contributed by atoms with Gasteiger partial charge in [0.25, 0.3) is 11.4 Å². The van der Waals surface area contributed by atoms with Crippen LogP contribution < -0.4 is 9.80 Å². The number of non-ortho nitro benzene ring substituents is 1.